The molecule has 142 valence electrons. The Morgan fingerprint density at radius 1 is 0.786 bits per heavy atom. The number of anilines is 2. The SMILES string of the molecule is CC(c1cccc(NC(=O)c2ccccc2)c1)N(C)C(=O)Nc1ccccc1. The molecule has 0 heterocycles. The average Bonchev–Trinajstić information content (AvgIpc) is 2.74. The summed E-state index contributed by atoms with van der Waals surface area (Å²) in [6.45, 7) is 1.95. The molecule has 0 aromatic heterocycles. The van der Waals surface area contributed by atoms with Crippen molar-refractivity contribution in [2.24, 2.45) is 0 Å². The van der Waals surface area contributed by atoms with Crippen molar-refractivity contribution >= 4 is 23.3 Å². The van der Waals surface area contributed by atoms with Crippen molar-refractivity contribution in [1.29, 1.82) is 0 Å². The first-order chi connectivity index (χ1) is 13.5. The summed E-state index contributed by atoms with van der Waals surface area (Å²) in [6.07, 6.45) is 0. The molecule has 0 aliphatic carbocycles. The van der Waals surface area contributed by atoms with Gasteiger partial charge in [-0.2, -0.15) is 0 Å². The molecule has 3 aromatic carbocycles. The second kappa shape index (κ2) is 8.86. The summed E-state index contributed by atoms with van der Waals surface area (Å²) in [5, 5.41) is 5.78. The predicted octanol–water partition coefficient (Wildman–Crippen LogP) is 5.16. The minimum Gasteiger partial charge on any atom is -0.322 e. The molecule has 3 aromatic rings. The fourth-order valence-corrected chi connectivity index (χ4v) is 2.80. The molecule has 28 heavy (non-hydrogen) atoms. The molecule has 1 atom stereocenters. The van der Waals surface area contributed by atoms with Crippen LogP contribution in [-0.4, -0.2) is 23.9 Å². The molecule has 0 fully saturated rings. The molecule has 2 N–H and O–H groups in total. The minimum atomic E-state index is -0.197. The van der Waals surface area contributed by atoms with Crippen molar-refractivity contribution in [3.63, 3.8) is 0 Å². The Kier molecular flexibility index (Phi) is 6.07. The van der Waals surface area contributed by atoms with Crippen LogP contribution in [0.15, 0.2) is 84.9 Å². The van der Waals surface area contributed by atoms with Gasteiger partial charge >= 0.3 is 6.03 Å². The number of para-hydroxylation sites is 1. The van der Waals surface area contributed by atoms with Gasteiger partial charge in [0.1, 0.15) is 0 Å². The number of carbonyl (C=O) groups is 2. The van der Waals surface area contributed by atoms with Gasteiger partial charge in [-0.25, -0.2) is 4.79 Å². The monoisotopic (exact) mass is 373 g/mol. The predicted molar refractivity (Wildman–Crippen MR) is 112 cm³/mol. The molecule has 0 radical (unpaired) electrons. The van der Waals surface area contributed by atoms with Gasteiger partial charge in [0.15, 0.2) is 0 Å². The van der Waals surface area contributed by atoms with Gasteiger partial charge in [0.25, 0.3) is 5.91 Å². The maximum Gasteiger partial charge on any atom is 0.322 e. The van der Waals surface area contributed by atoms with E-state index in [1.807, 2.05) is 79.7 Å². The van der Waals surface area contributed by atoms with Crippen molar-refractivity contribution in [3.8, 4) is 0 Å². The molecule has 5 heteroatoms. The third-order valence-electron chi connectivity index (χ3n) is 4.59. The van der Waals surface area contributed by atoms with Crippen molar-refractivity contribution in [2.45, 2.75) is 13.0 Å². The molecular formula is C23H23N3O2. The van der Waals surface area contributed by atoms with Crippen LogP contribution in [0.4, 0.5) is 16.2 Å². The highest BCUT2D eigenvalue weighted by Gasteiger charge is 2.18. The highest BCUT2D eigenvalue weighted by molar-refractivity contribution is 6.04. The maximum absolute atomic E-state index is 12.5. The molecule has 0 saturated heterocycles. The van der Waals surface area contributed by atoms with E-state index in [1.54, 1.807) is 24.1 Å². The zero-order valence-electron chi connectivity index (χ0n) is 15.9. The van der Waals surface area contributed by atoms with Crippen molar-refractivity contribution < 1.29 is 9.59 Å². The molecular weight excluding hydrogens is 350 g/mol. The van der Waals surface area contributed by atoms with E-state index in [1.165, 1.54) is 0 Å². The largest absolute Gasteiger partial charge is 0.322 e. The highest BCUT2D eigenvalue weighted by Crippen LogP contribution is 2.23. The van der Waals surface area contributed by atoms with Gasteiger partial charge in [-0.1, -0.05) is 48.5 Å². The molecule has 0 saturated carbocycles. The number of nitrogens with one attached hydrogen (secondary N) is 2. The summed E-state index contributed by atoms with van der Waals surface area (Å²) in [5.41, 5.74) is 2.96. The van der Waals surface area contributed by atoms with E-state index in [-0.39, 0.29) is 18.0 Å². The minimum absolute atomic E-state index is 0.166. The lowest BCUT2D eigenvalue weighted by atomic mass is 10.1. The van der Waals surface area contributed by atoms with E-state index in [2.05, 4.69) is 10.6 Å². The quantitative estimate of drug-likeness (QED) is 0.649. The zero-order valence-corrected chi connectivity index (χ0v) is 15.9. The lowest BCUT2D eigenvalue weighted by molar-refractivity contribution is 0.102. The first-order valence-electron chi connectivity index (χ1n) is 9.10. The van der Waals surface area contributed by atoms with Crippen LogP contribution in [0.1, 0.15) is 28.9 Å². The van der Waals surface area contributed by atoms with Gasteiger partial charge in [0.05, 0.1) is 6.04 Å². The highest BCUT2D eigenvalue weighted by atomic mass is 16.2. The molecule has 0 aliphatic rings. The zero-order chi connectivity index (χ0) is 19.9. The second-order valence-electron chi connectivity index (χ2n) is 6.53. The summed E-state index contributed by atoms with van der Waals surface area (Å²) in [4.78, 5) is 26.5. The number of rotatable bonds is 5. The van der Waals surface area contributed by atoms with E-state index in [0.717, 1.165) is 11.3 Å². The summed E-state index contributed by atoms with van der Waals surface area (Å²) in [6, 6.07) is 25.6. The number of benzene rings is 3. The maximum atomic E-state index is 12.5. The van der Waals surface area contributed by atoms with E-state index in [0.29, 0.717) is 11.3 Å². The van der Waals surface area contributed by atoms with Gasteiger partial charge < -0.3 is 15.5 Å². The average molecular weight is 373 g/mol. The fraction of sp³-hybridized carbons (Fsp3) is 0.130. The molecule has 0 spiro atoms. The van der Waals surface area contributed by atoms with Crippen LogP contribution in [-0.2, 0) is 0 Å². The normalized spacial score (nSPS) is 11.4. The Hall–Kier alpha value is -3.60. The standard InChI is InChI=1S/C23H23N3O2/c1-17(26(2)23(28)25-20-13-7-4-8-14-20)19-12-9-15-21(16-19)24-22(27)18-10-5-3-6-11-18/h3-17H,1-2H3,(H,24,27)(H,25,28). The van der Waals surface area contributed by atoms with Crippen LogP contribution in [0.3, 0.4) is 0 Å². The number of hydrogen-bond donors (Lipinski definition) is 2. The van der Waals surface area contributed by atoms with E-state index in [9.17, 15) is 9.59 Å². The Labute approximate surface area is 165 Å². The van der Waals surface area contributed by atoms with Gasteiger partial charge in [-0.3, -0.25) is 4.79 Å². The van der Waals surface area contributed by atoms with Crippen LogP contribution in [0, 0.1) is 0 Å². The third-order valence-corrected chi connectivity index (χ3v) is 4.59. The Bertz CT molecular complexity index is 942. The molecule has 1 unspecified atom stereocenters. The number of hydrogen-bond acceptors (Lipinski definition) is 2. The third kappa shape index (κ3) is 4.76. The fourth-order valence-electron chi connectivity index (χ4n) is 2.80. The number of amides is 3. The van der Waals surface area contributed by atoms with Crippen LogP contribution in [0.25, 0.3) is 0 Å². The second-order valence-corrected chi connectivity index (χ2v) is 6.53. The van der Waals surface area contributed by atoms with E-state index < -0.39 is 0 Å². The van der Waals surface area contributed by atoms with Gasteiger partial charge in [-0.05, 0) is 48.9 Å². The molecule has 0 aliphatic heterocycles. The molecule has 5 nitrogen and oxygen atoms in total. The number of carbonyl (C=O) groups excluding carboxylic acids is 2. The topological polar surface area (TPSA) is 61.4 Å². The summed E-state index contributed by atoms with van der Waals surface area (Å²) in [5.74, 6) is -0.166. The molecule has 0 bridgehead atoms. The van der Waals surface area contributed by atoms with Gasteiger partial charge in [0.2, 0.25) is 0 Å². The first-order valence-corrected chi connectivity index (χ1v) is 9.10. The lowest BCUT2D eigenvalue weighted by Crippen LogP contribution is -2.33. The summed E-state index contributed by atoms with van der Waals surface area (Å²) >= 11 is 0. The van der Waals surface area contributed by atoms with E-state index >= 15 is 0 Å². The summed E-state index contributed by atoms with van der Waals surface area (Å²) in [7, 11) is 1.75. The van der Waals surface area contributed by atoms with Gasteiger partial charge in [-0.15, -0.1) is 0 Å². The Balaban J connectivity index is 1.68. The van der Waals surface area contributed by atoms with Crippen molar-refractivity contribution in [3.05, 3.63) is 96.1 Å². The van der Waals surface area contributed by atoms with E-state index in [4.69, 9.17) is 0 Å². The first kappa shape index (κ1) is 19.2. The summed E-state index contributed by atoms with van der Waals surface area (Å²) < 4.78 is 0. The number of urea groups is 1. The number of nitrogens with zero attached hydrogens (tertiary/aromatic N) is 1. The van der Waals surface area contributed by atoms with Crippen LogP contribution in [0.2, 0.25) is 0 Å². The lowest BCUT2D eigenvalue weighted by Gasteiger charge is -2.26. The molecule has 3 rings (SSSR count). The molecule has 3 amide bonds. The van der Waals surface area contributed by atoms with Crippen LogP contribution in [0.5, 0.6) is 0 Å². The van der Waals surface area contributed by atoms with Crippen molar-refractivity contribution in [2.75, 3.05) is 17.7 Å². The van der Waals surface area contributed by atoms with Gasteiger partial charge in [0, 0.05) is 24.0 Å². The smallest absolute Gasteiger partial charge is 0.322 e. The van der Waals surface area contributed by atoms with Crippen LogP contribution >= 0.6 is 0 Å². The van der Waals surface area contributed by atoms with Crippen molar-refractivity contribution in [1.82, 2.24) is 4.90 Å². The van der Waals surface area contributed by atoms with Crippen LogP contribution < -0.4 is 10.6 Å². The Morgan fingerprint density at radius 3 is 2.07 bits per heavy atom. The Morgan fingerprint density at radius 2 is 1.39 bits per heavy atom.